The van der Waals surface area contributed by atoms with Crippen LogP contribution in [0.4, 0.5) is 10.6 Å². The summed E-state index contributed by atoms with van der Waals surface area (Å²) in [6, 6.07) is 5.07. The molecule has 0 aliphatic carbocycles. The number of hydrogen-bond donors (Lipinski definition) is 1. The summed E-state index contributed by atoms with van der Waals surface area (Å²) in [4.78, 5) is 25.9. The van der Waals surface area contributed by atoms with Crippen molar-refractivity contribution in [2.24, 2.45) is 0 Å². The zero-order chi connectivity index (χ0) is 12.9. The fourth-order valence-electron chi connectivity index (χ4n) is 1.16. The van der Waals surface area contributed by atoms with Gasteiger partial charge in [0.25, 0.3) is 0 Å². The average molecular weight is 236 g/mol. The Morgan fingerprint density at radius 2 is 2.18 bits per heavy atom. The van der Waals surface area contributed by atoms with Crippen molar-refractivity contribution in [1.82, 2.24) is 4.98 Å². The predicted molar refractivity (Wildman–Crippen MR) is 63.9 cm³/mol. The van der Waals surface area contributed by atoms with Gasteiger partial charge in [-0.15, -0.1) is 0 Å². The molecule has 0 unspecified atom stereocenters. The van der Waals surface area contributed by atoms with Crippen molar-refractivity contribution < 1.29 is 14.3 Å². The van der Waals surface area contributed by atoms with Crippen molar-refractivity contribution in [3.8, 4) is 0 Å². The van der Waals surface area contributed by atoms with Gasteiger partial charge in [0, 0.05) is 12.1 Å². The molecule has 0 radical (unpaired) electrons. The molecule has 0 bridgehead atoms. The van der Waals surface area contributed by atoms with Crippen LogP contribution in [0.25, 0.3) is 0 Å². The third-order valence-corrected chi connectivity index (χ3v) is 1.73. The van der Waals surface area contributed by atoms with Crippen molar-refractivity contribution in [3.63, 3.8) is 0 Å². The van der Waals surface area contributed by atoms with Gasteiger partial charge in [-0.25, -0.2) is 9.78 Å². The maximum absolute atomic E-state index is 11.5. The van der Waals surface area contributed by atoms with E-state index in [-0.39, 0.29) is 6.42 Å². The largest absolute Gasteiger partial charge is 0.444 e. The van der Waals surface area contributed by atoms with Crippen LogP contribution in [0.15, 0.2) is 18.2 Å². The first-order valence-corrected chi connectivity index (χ1v) is 5.30. The summed E-state index contributed by atoms with van der Waals surface area (Å²) in [5.74, 6) is 0.374. The Balaban J connectivity index is 2.65. The van der Waals surface area contributed by atoms with E-state index in [1.54, 1.807) is 39.0 Å². The molecule has 0 saturated heterocycles. The number of aromatic nitrogens is 1. The molecular weight excluding hydrogens is 220 g/mol. The van der Waals surface area contributed by atoms with E-state index in [2.05, 4.69) is 10.3 Å². The normalized spacial score (nSPS) is 10.8. The maximum atomic E-state index is 11.5. The third-order valence-electron chi connectivity index (χ3n) is 1.73. The molecule has 1 amide bonds. The number of carbonyl (C=O) groups excluding carboxylic acids is 2. The molecular formula is C12H16N2O3. The van der Waals surface area contributed by atoms with Crippen LogP contribution in [0.2, 0.25) is 0 Å². The summed E-state index contributed by atoms with van der Waals surface area (Å²) < 4.78 is 5.08. The third kappa shape index (κ3) is 5.10. The summed E-state index contributed by atoms with van der Waals surface area (Å²) in [7, 11) is 0. The number of aldehydes is 1. The van der Waals surface area contributed by atoms with E-state index in [4.69, 9.17) is 4.74 Å². The number of anilines is 1. The average Bonchev–Trinajstić information content (AvgIpc) is 2.15. The molecule has 0 fully saturated rings. The maximum Gasteiger partial charge on any atom is 0.413 e. The van der Waals surface area contributed by atoms with Gasteiger partial charge in [0.2, 0.25) is 0 Å². The fraction of sp³-hybridized carbons (Fsp3) is 0.417. The van der Waals surface area contributed by atoms with Gasteiger partial charge in [0.05, 0.1) is 0 Å². The molecule has 5 nitrogen and oxygen atoms in total. The van der Waals surface area contributed by atoms with Crippen LogP contribution < -0.4 is 5.32 Å². The number of carbonyl (C=O) groups is 2. The van der Waals surface area contributed by atoms with E-state index >= 15 is 0 Å². The molecule has 5 heteroatoms. The monoisotopic (exact) mass is 236 g/mol. The fourth-order valence-corrected chi connectivity index (χ4v) is 1.16. The molecule has 0 saturated carbocycles. The molecule has 1 aromatic rings. The molecule has 0 aliphatic heterocycles. The molecule has 1 heterocycles. The topological polar surface area (TPSA) is 68.3 Å². The molecule has 1 aromatic heterocycles. The Labute approximate surface area is 100 Å². The van der Waals surface area contributed by atoms with Crippen LogP contribution in [0.1, 0.15) is 26.5 Å². The number of pyridine rings is 1. The zero-order valence-corrected chi connectivity index (χ0v) is 10.2. The lowest BCUT2D eigenvalue weighted by Gasteiger charge is -2.19. The first-order valence-electron chi connectivity index (χ1n) is 5.30. The first-order chi connectivity index (χ1) is 7.90. The Kier molecular flexibility index (Phi) is 4.20. The van der Waals surface area contributed by atoms with Crippen molar-refractivity contribution in [2.75, 3.05) is 5.32 Å². The highest BCUT2D eigenvalue weighted by Gasteiger charge is 2.16. The van der Waals surface area contributed by atoms with Crippen LogP contribution in [0.3, 0.4) is 0 Å². The molecule has 1 N–H and O–H groups in total. The Morgan fingerprint density at radius 3 is 2.76 bits per heavy atom. The summed E-state index contributed by atoms with van der Waals surface area (Å²) in [6.45, 7) is 5.34. The molecule has 0 spiro atoms. The molecule has 1 rings (SSSR count). The second-order valence-corrected chi connectivity index (χ2v) is 4.51. The Bertz CT molecular complexity index is 410. The summed E-state index contributed by atoms with van der Waals surface area (Å²) in [5.41, 5.74) is 0.0540. The summed E-state index contributed by atoms with van der Waals surface area (Å²) >= 11 is 0. The molecule has 0 aromatic carbocycles. The molecule has 0 atom stereocenters. The first kappa shape index (κ1) is 13.2. The van der Waals surface area contributed by atoms with Gasteiger partial charge >= 0.3 is 6.09 Å². The summed E-state index contributed by atoms with van der Waals surface area (Å²) in [6.07, 6.45) is 0.428. The minimum Gasteiger partial charge on any atom is -0.444 e. The highest BCUT2D eigenvalue weighted by Crippen LogP contribution is 2.10. The van der Waals surface area contributed by atoms with Gasteiger partial charge in [-0.3, -0.25) is 5.32 Å². The van der Waals surface area contributed by atoms with E-state index in [0.717, 1.165) is 6.29 Å². The predicted octanol–water partition coefficient (Wildman–Crippen LogP) is 2.17. The van der Waals surface area contributed by atoms with Crippen molar-refractivity contribution in [2.45, 2.75) is 32.8 Å². The lowest BCUT2D eigenvalue weighted by molar-refractivity contribution is -0.107. The van der Waals surface area contributed by atoms with Gasteiger partial charge in [0.1, 0.15) is 17.7 Å². The van der Waals surface area contributed by atoms with Crippen LogP contribution in [0.5, 0.6) is 0 Å². The number of amides is 1. The molecule has 0 aliphatic rings. The van der Waals surface area contributed by atoms with E-state index < -0.39 is 11.7 Å². The van der Waals surface area contributed by atoms with Crippen LogP contribution in [-0.4, -0.2) is 23.0 Å². The van der Waals surface area contributed by atoms with Gasteiger partial charge in [-0.05, 0) is 32.9 Å². The van der Waals surface area contributed by atoms with Crippen LogP contribution in [-0.2, 0) is 16.0 Å². The van der Waals surface area contributed by atoms with E-state index in [1.807, 2.05) is 0 Å². The van der Waals surface area contributed by atoms with Gasteiger partial charge < -0.3 is 9.53 Å². The number of nitrogens with one attached hydrogen (secondary N) is 1. The van der Waals surface area contributed by atoms with E-state index in [0.29, 0.717) is 11.5 Å². The number of nitrogens with zero attached hydrogens (tertiary/aromatic N) is 1. The highest BCUT2D eigenvalue weighted by atomic mass is 16.6. The van der Waals surface area contributed by atoms with E-state index in [1.165, 1.54) is 0 Å². The standard InChI is InChI=1S/C12H16N2O3/c1-12(2,3)17-11(16)14-10-6-4-5-9(13-10)7-8-15/h4-6,8H,7H2,1-3H3,(H,13,14,16). The lowest BCUT2D eigenvalue weighted by atomic mass is 10.2. The second kappa shape index (κ2) is 5.43. The molecule has 17 heavy (non-hydrogen) atoms. The second-order valence-electron chi connectivity index (χ2n) is 4.51. The van der Waals surface area contributed by atoms with Crippen molar-refractivity contribution in [3.05, 3.63) is 23.9 Å². The van der Waals surface area contributed by atoms with Crippen LogP contribution >= 0.6 is 0 Å². The van der Waals surface area contributed by atoms with Gasteiger partial charge in [0.15, 0.2) is 0 Å². The minimum absolute atomic E-state index is 0.226. The quantitative estimate of drug-likeness (QED) is 0.816. The SMILES string of the molecule is CC(C)(C)OC(=O)Nc1cccc(CC=O)n1. The highest BCUT2D eigenvalue weighted by molar-refractivity contribution is 5.83. The Hall–Kier alpha value is -1.91. The van der Waals surface area contributed by atoms with Gasteiger partial charge in [-0.1, -0.05) is 6.07 Å². The number of ether oxygens (including phenoxy) is 1. The smallest absolute Gasteiger partial charge is 0.413 e. The Morgan fingerprint density at radius 1 is 1.47 bits per heavy atom. The van der Waals surface area contributed by atoms with Crippen molar-refractivity contribution in [1.29, 1.82) is 0 Å². The van der Waals surface area contributed by atoms with Gasteiger partial charge in [-0.2, -0.15) is 0 Å². The molecule has 92 valence electrons. The minimum atomic E-state index is -0.562. The van der Waals surface area contributed by atoms with Crippen molar-refractivity contribution >= 4 is 18.2 Å². The lowest BCUT2D eigenvalue weighted by Crippen LogP contribution is -2.27. The number of hydrogen-bond acceptors (Lipinski definition) is 4. The number of rotatable bonds is 3. The summed E-state index contributed by atoms with van der Waals surface area (Å²) in [5, 5.41) is 2.51. The van der Waals surface area contributed by atoms with E-state index in [9.17, 15) is 9.59 Å². The zero-order valence-electron chi connectivity index (χ0n) is 10.2. The van der Waals surface area contributed by atoms with Crippen LogP contribution in [0, 0.1) is 0 Å².